The third-order valence-electron chi connectivity index (χ3n) is 3.66. The Bertz CT molecular complexity index is 957. The Morgan fingerprint density at radius 2 is 2.04 bits per heavy atom. The highest BCUT2D eigenvalue weighted by molar-refractivity contribution is 7.92. The molecule has 6 nitrogen and oxygen atoms in total. The first-order valence-corrected chi connectivity index (χ1v) is 9.45. The smallest absolute Gasteiger partial charge is 0.251 e. The number of para-hydroxylation sites is 1. The predicted molar refractivity (Wildman–Crippen MR) is 94.2 cm³/mol. The van der Waals surface area contributed by atoms with Gasteiger partial charge in [0.1, 0.15) is 0 Å². The van der Waals surface area contributed by atoms with Crippen LogP contribution < -0.4 is 9.62 Å². The van der Waals surface area contributed by atoms with E-state index in [0.717, 1.165) is 6.26 Å². The summed E-state index contributed by atoms with van der Waals surface area (Å²) in [6.45, 7) is 0.366. The van der Waals surface area contributed by atoms with Gasteiger partial charge in [-0.25, -0.2) is 17.8 Å². The van der Waals surface area contributed by atoms with Crippen molar-refractivity contribution in [2.75, 3.05) is 22.4 Å². The van der Waals surface area contributed by atoms with Crippen molar-refractivity contribution >= 4 is 27.4 Å². The molecule has 0 atom stereocenters. The zero-order valence-electron chi connectivity index (χ0n) is 13.4. The maximum absolute atomic E-state index is 14.5. The molecule has 25 heavy (non-hydrogen) atoms. The van der Waals surface area contributed by atoms with Crippen LogP contribution in [0.15, 0.2) is 48.7 Å². The summed E-state index contributed by atoms with van der Waals surface area (Å²) in [5, 5.41) is 0. The molecule has 1 amide bonds. The maximum atomic E-state index is 14.5. The first-order valence-electron chi connectivity index (χ1n) is 7.56. The summed E-state index contributed by atoms with van der Waals surface area (Å²) in [6.07, 6.45) is 6.23. The number of amides is 1. The van der Waals surface area contributed by atoms with Crippen LogP contribution in [0.4, 0.5) is 15.9 Å². The molecule has 1 aliphatic heterocycles. The van der Waals surface area contributed by atoms with Crippen molar-refractivity contribution in [1.82, 2.24) is 4.98 Å². The van der Waals surface area contributed by atoms with E-state index in [4.69, 9.17) is 0 Å². The molecule has 0 fully saturated rings. The van der Waals surface area contributed by atoms with E-state index in [0.29, 0.717) is 29.8 Å². The van der Waals surface area contributed by atoms with Crippen molar-refractivity contribution in [2.24, 2.45) is 0 Å². The Kier molecular flexibility index (Phi) is 4.54. The molecule has 8 heteroatoms. The molecule has 130 valence electrons. The molecule has 1 aliphatic rings. The Morgan fingerprint density at radius 3 is 2.72 bits per heavy atom. The predicted octanol–water partition coefficient (Wildman–Crippen LogP) is 2.55. The number of carbonyl (C=O) groups excluding carboxylic acids is 1. The average Bonchev–Trinajstić information content (AvgIpc) is 2.55. The third kappa shape index (κ3) is 3.85. The summed E-state index contributed by atoms with van der Waals surface area (Å²) in [5.41, 5.74) is 1.24. The molecule has 2 aromatic rings. The molecule has 0 radical (unpaired) electrons. The normalized spacial score (nSPS) is 14.6. The maximum Gasteiger partial charge on any atom is 0.251 e. The number of rotatable bonds is 4. The van der Waals surface area contributed by atoms with Crippen molar-refractivity contribution in [2.45, 2.75) is 6.42 Å². The van der Waals surface area contributed by atoms with Gasteiger partial charge in [0.05, 0.1) is 11.9 Å². The number of sulfonamides is 1. The molecule has 0 bridgehead atoms. The lowest BCUT2D eigenvalue weighted by molar-refractivity contribution is -0.114. The van der Waals surface area contributed by atoms with Crippen molar-refractivity contribution in [1.29, 1.82) is 0 Å². The van der Waals surface area contributed by atoms with Crippen LogP contribution in [0.25, 0.3) is 11.1 Å². The number of nitrogens with zero attached hydrogens (tertiary/aromatic N) is 2. The monoisotopic (exact) mass is 361 g/mol. The van der Waals surface area contributed by atoms with Gasteiger partial charge in [0, 0.05) is 23.9 Å². The molecule has 0 aliphatic carbocycles. The highest BCUT2D eigenvalue weighted by atomic mass is 32.2. The third-order valence-corrected chi connectivity index (χ3v) is 4.25. The quantitative estimate of drug-likeness (QED) is 0.908. The molecule has 3 rings (SSSR count). The van der Waals surface area contributed by atoms with Gasteiger partial charge in [0.15, 0.2) is 11.6 Å². The Balaban J connectivity index is 1.99. The Morgan fingerprint density at radius 1 is 1.28 bits per heavy atom. The zero-order valence-corrected chi connectivity index (χ0v) is 14.3. The van der Waals surface area contributed by atoms with Crippen molar-refractivity contribution in [3.8, 4) is 11.1 Å². The number of hydrogen-bond acceptors (Lipinski definition) is 4. The van der Waals surface area contributed by atoms with Crippen LogP contribution in [0, 0.1) is 5.82 Å². The van der Waals surface area contributed by atoms with Crippen LogP contribution in [0.5, 0.6) is 0 Å². The summed E-state index contributed by atoms with van der Waals surface area (Å²) < 4.78 is 39.9. The second kappa shape index (κ2) is 6.64. The second-order valence-electron chi connectivity index (χ2n) is 5.63. The number of anilines is 2. The fourth-order valence-corrected chi connectivity index (χ4v) is 3.18. The van der Waals surface area contributed by atoms with E-state index in [2.05, 4.69) is 9.71 Å². The van der Waals surface area contributed by atoms with E-state index < -0.39 is 15.8 Å². The van der Waals surface area contributed by atoms with Gasteiger partial charge in [-0.2, -0.15) is 0 Å². The summed E-state index contributed by atoms with van der Waals surface area (Å²) >= 11 is 0. The summed E-state index contributed by atoms with van der Waals surface area (Å²) in [4.78, 5) is 17.2. The number of carbonyl (C=O) groups is 1. The van der Waals surface area contributed by atoms with Gasteiger partial charge in [-0.1, -0.05) is 24.3 Å². The SMILES string of the molecule is CS(=O)(=O)Nc1ccccc1-c1cnc(N2CCC=CC2=O)c(F)c1. The fraction of sp³-hybridized carbons (Fsp3) is 0.176. The van der Waals surface area contributed by atoms with Crippen LogP contribution >= 0.6 is 0 Å². The molecular formula is C17H16FN3O3S. The molecule has 0 saturated carbocycles. The van der Waals surface area contributed by atoms with E-state index in [9.17, 15) is 17.6 Å². The van der Waals surface area contributed by atoms with Crippen molar-refractivity contribution < 1.29 is 17.6 Å². The standard InChI is InChI=1S/C17H16FN3O3S/c1-25(23,24)20-15-7-3-2-6-13(15)12-10-14(18)17(19-11-12)21-9-5-4-8-16(21)22/h2-4,6-8,10-11,20H,5,9H2,1H3. The van der Waals surface area contributed by atoms with Gasteiger partial charge < -0.3 is 0 Å². The van der Waals surface area contributed by atoms with E-state index in [1.54, 1.807) is 30.3 Å². The molecule has 1 aromatic heterocycles. The largest absolute Gasteiger partial charge is 0.290 e. The number of aromatic nitrogens is 1. The fourth-order valence-electron chi connectivity index (χ4n) is 2.60. The Hall–Kier alpha value is -2.74. The molecule has 2 heterocycles. The van der Waals surface area contributed by atoms with Gasteiger partial charge in [-0.05, 0) is 24.6 Å². The Labute approximate surface area is 145 Å². The summed E-state index contributed by atoms with van der Waals surface area (Å²) in [7, 11) is -3.48. The number of pyridine rings is 1. The highest BCUT2D eigenvalue weighted by Gasteiger charge is 2.21. The number of benzene rings is 1. The molecule has 1 N–H and O–H groups in total. The van der Waals surface area contributed by atoms with E-state index in [1.165, 1.54) is 23.2 Å². The lowest BCUT2D eigenvalue weighted by atomic mass is 10.1. The summed E-state index contributed by atoms with van der Waals surface area (Å²) in [6, 6.07) is 7.89. The van der Waals surface area contributed by atoms with Crippen molar-refractivity contribution in [3.63, 3.8) is 0 Å². The van der Waals surface area contributed by atoms with Crippen LogP contribution in [0.2, 0.25) is 0 Å². The first kappa shape index (κ1) is 17.1. The van der Waals surface area contributed by atoms with Crippen LogP contribution in [-0.2, 0) is 14.8 Å². The van der Waals surface area contributed by atoms with Crippen LogP contribution in [-0.4, -0.2) is 32.1 Å². The minimum atomic E-state index is -3.48. The molecular weight excluding hydrogens is 345 g/mol. The van der Waals surface area contributed by atoms with Gasteiger partial charge >= 0.3 is 0 Å². The number of nitrogens with one attached hydrogen (secondary N) is 1. The minimum Gasteiger partial charge on any atom is -0.290 e. The number of halogens is 1. The lowest BCUT2D eigenvalue weighted by Gasteiger charge is -2.23. The molecule has 0 saturated heterocycles. The van der Waals surface area contributed by atoms with E-state index >= 15 is 0 Å². The molecule has 0 spiro atoms. The molecule has 1 aromatic carbocycles. The zero-order chi connectivity index (χ0) is 18.0. The second-order valence-corrected chi connectivity index (χ2v) is 7.38. The topological polar surface area (TPSA) is 79.4 Å². The van der Waals surface area contributed by atoms with Crippen LogP contribution in [0.3, 0.4) is 0 Å². The van der Waals surface area contributed by atoms with Gasteiger partial charge in [-0.3, -0.25) is 14.4 Å². The van der Waals surface area contributed by atoms with E-state index in [1.807, 2.05) is 0 Å². The van der Waals surface area contributed by atoms with Gasteiger partial charge in [-0.15, -0.1) is 0 Å². The lowest BCUT2D eigenvalue weighted by Crippen LogP contribution is -2.34. The highest BCUT2D eigenvalue weighted by Crippen LogP contribution is 2.30. The average molecular weight is 361 g/mol. The first-order chi connectivity index (χ1) is 11.8. The molecule has 0 unspecified atom stereocenters. The van der Waals surface area contributed by atoms with Gasteiger partial charge in [0.25, 0.3) is 5.91 Å². The summed E-state index contributed by atoms with van der Waals surface area (Å²) in [5.74, 6) is -0.994. The van der Waals surface area contributed by atoms with E-state index in [-0.39, 0.29) is 11.7 Å². The minimum absolute atomic E-state index is 0.0355. The van der Waals surface area contributed by atoms with Crippen molar-refractivity contribution in [3.05, 3.63) is 54.5 Å². The number of hydrogen-bond donors (Lipinski definition) is 1. The van der Waals surface area contributed by atoms with Crippen LogP contribution in [0.1, 0.15) is 6.42 Å². The van der Waals surface area contributed by atoms with Gasteiger partial charge in [0.2, 0.25) is 10.0 Å².